The first-order valence-corrected chi connectivity index (χ1v) is 10.7. The molecule has 8 nitrogen and oxygen atoms in total. The minimum absolute atomic E-state index is 0.0135. The van der Waals surface area contributed by atoms with Crippen molar-refractivity contribution in [1.29, 1.82) is 0 Å². The first-order valence-electron chi connectivity index (χ1n) is 10.7. The van der Waals surface area contributed by atoms with Crippen LogP contribution in [0.1, 0.15) is 35.7 Å². The zero-order valence-electron chi connectivity index (χ0n) is 18.2. The van der Waals surface area contributed by atoms with Crippen LogP contribution in [0.5, 0.6) is 0 Å². The van der Waals surface area contributed by atoms with Crippen LogP contribution in [0.25, 0.3) is 5.52 Å². The molecule has 0 radical (unpaired) electrons. The quantitative estimate of drug-likeness (QED) is 0.661. The lowest BCUT2D eigenvalue weighted by molar-refractivity contribution is 0.0947. The molecule has 164 valence electrons. The maximum absolute atomic E-state index is 12.7. The molecule has 0 atom stereocenters. The van der Waals surface area contributed by atoms with Crippen LogP contribution in [0.3, 0.4) is 0 Å². The first kappa shape index (κ1) is 20.8. The largest absolute Gasteiger partial charge is 0.465 e. The minimum atomic E-state index is -0.147. The van der Waals surface area contributed by atoms with Crippen LogP contribution in [-0.2, 0) is 6.54 Å². The molecule has 1 fully saturated rings. The number of piperazine rings is 1. The SMILES string of the molecule is Cc1ccc(CNC(=O)c2ccc3ccc(N4CCN(C(=O)NC(C)C)CC4)n3c2)o1. The summed E-state index contributed by atoms with van der Waals surface area (Å²) in [6, 6.07) is 11.7. The van der Waals surface area contributed by atoms with Crippen molar-refractivity contribution >= 4 is 23.3 Å². The molecule has 1 aliphatic rings. The highest BCUT2D eigenvalue weighted by Gasteiger charge is 2.23. The number of hydrogen-bond acceptors (Lipinski definition) is 4. The van der Waals surface area contributed by atoms with E-state index >= 15 is 0 Å². The van der Waals surface area contributed by atoms with E-state index in [0.717, 1.165) is 35.9 Å². The van der Waals surface area contributed by atoms with E-state index in [4.69, 9.17) is 4.42 Å². The third-order valence-electron chi connectivity index (χ3n) is 5.41. The van der Waals surface area contributed by atoms with E-state index in [1.165, 1.54) is 0 Å². The van der Waals surface area contributed by atoms with E-state index in [1.54, 1.807) is 0 Å². The molecular formula is C23H29N5O3. The van der Waals surface area contributed by atoms with Crippen LogP contribution < -0.4 is 15.5 Å². The highest BCUT2D eigenvalue weighted by atomic mass is 16.3. The van der Waals surface area contributed by atoms with E-state index in [-0.39, 0.29) is 18.0 Å². The van der Waals surface area contributed by atoms with Gasteiger partial charge in [0.05, 0.1) is 12.1 Å². The summed E-state index contributed by atoms with van der Waals surface area (Å²) in [6.07, 6.45) is 1.87. The molecule has 2 N–H and O–H groups in total. The van der Waals surface area contributed by atoms with Gasteiger partial charge in [0, 0.05) is 43.9 Å². The average Bonchev–Trinajstić information content (AvgIpc) is 3.37. The predicted molar refractivity (Wildman–Crippen MR) is 119 cm³/mol. The Morgan fingerprint density at radius 2 is 1.77 bits per heavy atom. The number of carbonyl (C=O) groups is 2. The van der Waals surface area contributed by atoms with E-state index < -0.39 is 0 Å². The first-order chi connectivity index (χ1) is 14.9. The van der Waals surface area contributed by atoms with Crippen LogP contribution in [0.4, 0.5) is 10.6 Å². The summed E-state index contributed by atoms with van der Waals surface area (Å²) < 4.78 is 7.55. The molecule has 0 bridgehead atoms. The summed E-state index contributed by atoms with van der Waals surface area (Å²) in [6.45, 7) is 8.96. The highest BCUT2D eigenvalue weighted by Crippen LogP contribution is 2.22. The van der Waals surface area contributed by atoms with Gasteiger partial charge in [0.15, 0.2) is 0 Å². The number of furan rings is 1. The summed E-state index contributed by atoms with van der Waals surface area (Å²) >= 11 is 0. The van der Waals surface area contributed by atoms with Crippen LogP contribution >= 0.6 is 0 Å². The second kappa shape index (κ2) is 8.75. The van der Waals surface area contributed by atoms with Crippen molar-refractivity contribution in [3.8, 4) is 0 Å². The van der Waals surface area contributed by atoms with Crippen LogP contribution in [-0.4, -0.2) is 53.5 Å². The van der Waals surface area contributed by atoms with Crippen molar-refractivity contribution in [2.45, 2.75) is 33.4 Å². The number of fused-ring (bicyclic) bond motifs is 1. The van der Waals surface area contributed by atoms with Gasteiger partial charge in [0.1, 0.15) is 17.3 Å². The Hall–Kier alpha value is -3.42. The number of pyridine rings is 1. The van der Waals surface area contributed by atoms with Gasteiger partial charge in [-0.25, -0.2) is 4.79 Å². The molecule has 0 aliphatic carbocycles. The van der Waals surface area contributed by atoms with Crippen molar-refractivity contribution in [2.75, 3.05) is 31.1 Å². The number of carbonyl (C=O) groups excluding carboxylic acids is 2. The van der Waals surface area contributed by atoms with Gasteiger partial charge in [0.25, 0.3) is 5.91 Å². The Morgan fingerprint density at radius 3 is 2.45 bits per heavy atom. The topological polar surface area (TPSA) is 82.2 Å². The van der Waals surface area contributed by atoms with Crippen LogP contribution in [0.2, 0.25) is 0 Å². The van der Waals surface area contributed by atoms with Gasteiger partial charge in [-0.2, -0.15) is 0 Å². The van der Waals surface area contributed by atoms with Crippen LogP contribution in [0, 0.1) is 6.92 Å². The van der Waals surface area contributed by atoms with E-state index in [0.29, 0.717) is 25.2 Å². The van der Waals surface area contributed by atoms with Gasteiger partial charge < -0.3 is 29.3 Å². The fourth-order valence-electron chi connectivity index (χ4n) is 3.81. The summed E-state index contributed by atoms with van der Waals surface area (Å²) in [4.78, 5) is 29.0. The minimum Gasteiger partial charge on any atom is -0.465 e. The third-order valence-corrected chi connectivity index (χ3v) is 5.41. The molecule has 1 saturated heterocycles. The standard InChI is InChI=1S/C23H29N5O3/c1-16(2)25-23(30)27-12-10-26(11-13-27)21-9-7-19-6-5-18(15-28(19)21)22(29)24-14-20-8-4-17(3)31-20/h4-9,15-16H,10-14H2,1-3H3,(H,24,29)(H,25,30). The highest BCUT2D eigenvalue weighted by molar-refractivity contribution is 5.94. The van der Waals surface area contributed by atoms with Crippen molar-refractivity contribution in [2.24, 2.45) is 0 Å². The number of aromatic nitrogens is 1. The van der Waals surface area contributed by atoms with Crippen molar-refractivity contribution in [3.63, 3.8) is 0 Å². The number of amides is 3. The Kier molecular flexibility index (Phi) is 5.88. The predicted octanol–water partition coefficient (Wildman–Crippen LogP) is 3.01. The lowest BCUT2D eigenvalue weighted by Gasteiger charge is -2.36. The molecule has 0 spiro atoms. The third kappa shape index (κ3) is 4.68. The molecule has 4 rings (SSSR count). The summed E-state index contributed by atoms with van der Waals surface area (Å²) in [5.74, 6) is 2.43. The van der Waals surface area contributed by atoms with E-state index in [9.17, 15) is 9.59 Å². The molecule has 3 aromatic rings. The summed E-state index contributed by atoms with van der Waals surface area (Å²) in [5.41, 5.74) is 1.61. The molecule has 0 aromatic carbocycles. The normalized spacial score (nSPS) is 14.3. The van der Waals surface area contributed by atoms with E-state index in [2.05, 4.69) is 21.6 Å². The van der Waals surface area contributed by atoms with Crippen LogP contribution in [0.15, 0.2) is 47.0 Å². The smallest absolute Gasteiger partial charge is 0.317 e. The number of anilines is 1. The second-order valence-electron chi connectivity index (χ2n) is 8.18. The Labute approximate surface area is 181 Å². The molecule has 0 unspecified atom stereocenters. The number of nitrogens with one attached hydrogen (secondary N) is 2. The molecule has 0 saturated carbocycles. The molecule has 4 heterocycles. The molecule has 1 aliphatic heterocycles. The number of hydrogen-bond donors (Lipinski definition) is 2. The van der Waals surface area contributed by atoms with Crippen molar-refractivity contribution in [1.82, 2.24) is 19.9 Å². The summed E-state index contributed by atoms with van der Waals surface area (Å²) in [5, 5.41) is 5.86. The van der Waals surface area contributed by atoms with Crippen molar-refractivity contribution < 1.29 is 14.0 Å². The Bertz CT molecular complexity index is 1080. The maximum Gasteiger partial charge on any atom is 0.317 e. The average molecular weight is 424 g/mol. The van der Waals surface area contributed by atoms with Gasteiger partial charge in [-0.3, -0.25) is 4.79 Å². The summed E-state index contributed by atoms with van der Waals surface area (Å²) in [7, 11) is 0. The van der Waals surface area contributed by atoms with Gasteiger partial charge in [0.2, 0.25) is 0 Å². The molecule has 3 amide bonds. The van der Waals surface area contributed by atoms with Crippen molar-refractivity contribution in [3.05, 3.63) is 59.7 Å². The second-order valence-corrected chi connectivity index (χ2v) is 8.18. The fraction of sp³-hybridized carbons (Fsp3) is 0.391. The number of nitrogens with zero attached hydrogens (tertiary/aromatic N) is 3. The molecule has 3 aromatic heterocycles. The Morgan fingerprint density at radius 1 is 1.03 bits per heavy atom. The molecule has 31 heavy (non-hydrogen) atoms. The van der Waals surface area contributed by atoms with E-state index in [1.807, 2.05) is 66.6 Å². The monoisotopic (exact) mass is 423 g/mol. The zero-order valence-corrected chi connectivity index (χ0v) is 18.2. The molecular weight excluding hydrogens is 394 g/mol. The lowest BCUT2D eigenvalue weighted by atomic mass is 10.2. The lowest BCUT2D eigenvalue weighted by Crippen LogP contribution is -2.53. The maximum atomic E-state index is 12.7. The van der Waals surface area contributed by atoms with Gasteiger partial charge in [-0.05, 0) is 57.2 Å². The zero-order chi connectivity index (χ0) is 22.0. The molecule has 8 heteroatoms. The van der Waals surface area contributed by atoms with Gasteiger partial charge >= 0.3 is 6.03 Å². The Balaban J connectivity index is 1.44. The number of urea groups is 1. The van der Waals surface area contributed by atoms with Gasteiger partial charge in [-0.1, -0.05) is 0 Å². The van der Waals surface area contributed by atoms with Gasteiger partial charge in [-0.15, -0.1) is 0 Å². The number of rotatable bonds is 5. The number of aryl methyl sites for hydroxylation is 1. The fourth-order valence-corrected chi connectivity index (χ4v) is 3.81.